The molecule has 1 aromatic carbocycles. The molecule has 2 aromatic rings. The van der Waals surface area contributed by atoms with Crippen LogP contribution in [0.25, 0.3) is 10.2 Å². The zero-order valence-electron chi connectivity index (χ0n) is 11.7. The molecule has 1 fully saturated rings. The number of benzene rings is 1. The molecule has 1 aliphatic rings. The van der Waals surface area contributed by atoms with Gasteiger partial charge in [0, 0.05) is 6.04 Å². The Morgan fingerprint density at radius 2 is 2.00 bits per heavy atom. The van der Waals surface area contributed by atoms with E-state index in [1.54, 1.807) is 18.4 Å². The molecule has 0 amide bonds. The van der Waals surface area contributed by atoms with Gasteiger partial charge in [0.2, 0.25) is 0 Å². The van der Waals surface area contributed by atoms with Gasteiger partial charge in [-0.1, -0.05) is 24.2 Å². The van der Waals surface area contributed by atoms with Crippen molar-refractivity contribution in [1.82, 2.24) is 4.98 Å². The maximum absolute atomic E-state index is 5.44. The average Bonchev–Trinajstić information content (AvgIpc) is 3.03. The maximum Gasteiger partial charge on any atom is 0.184 e. The van der Waals surface area contributed by atoms with Gasteiger partial charge in [-0.3, -0.25) is 0 Å². The molecule has 0 saturated heterocycles. The first-order valence-electron chi connectivity index (χ1n) is 6.90. The highest BCUT2D eigenvalue weighted by Gasteiger charge is 2.17. The highest BCUT2D eigenvalue weighted by atomic mass is 32.1. The maximum atomic E-state index is 5.44. The van der Waals surface area contributed by atoms with E-state index in [2.05, 4.69) is 25.2 Å². The van der Waals surface area contributed by atoms with Crippen molar-refractivity contribution in [3.8, 4) is 5.75 Å². The number of thiazole rings is 1. The Balaban J connectivity index is 1.97. The number of aryl methyl sites for hydroxylation is 1. The third-order valence-corrected chi connectivity index (χ3v) is 5.04. The third kappa shape index (κ3) is 2.29. The van der Waals surface area contributed by atoms with E-state index >= 15 is 0 Å². The van der Waals surface area contributed by atoms with Crippen molar-refractivity contribution in [2.75, 3.05) is 12.4 Å². The van der Waals surface area contributed by atoms with Crippen molar-refractivity contribution in [2.24, 2.45) is 0 Å². The fourth-order valence-corrected chi connectivity index (χ4v) is 3.84. The Morgan fingerprint density at radius 3 is 2.68 bits per heavy atom. The summed E-state index contributed by atoms with van der Waals surface area (Å²) in [6.07, 6.45) is 5.23. The summed E-state index contributed by atoms with van der Waals surface area (Å²) in [6, 6.07) is 2.72. The van der Waals surface area contributed by atoms with E-state index in [4.69, 9.17) is 9.72 Å². The van der Waals surface area contributed by atoms with Crippen molar-refractivity contribution < 1.29 is 4.74 Å². The van der Waals surface area contributed by atoms with Gasteiger partial charge in [-0.15, -0.1) is 0 Å². The Bertz CT molecular complexity index is 600. The van der Waals surface area contributed by atoms with Gasteiger partial charge in [0.25, 0.3) is 0 Å². The summed E-state index contributed by atoms with van der Waals surface area (Å²) in [5.41, 5.74) is 3.53. The van der Waals surface area contributed by atoms with E-state index in [-0.39, 0.29) is 0 Å². The summed E-state index contributed by atoms with van der Waals surface area (Å²) in [5.74, 6) is 0.959. The second-order valence-corrected chi connectivity index (χ2v) is 6.35. The molecule has 1 aliphatic carbocycles. The summed E-state index contributed by atoms with van der Waals surface area (Å²) < 4.78 is 6.64. The monoisotopic (exact) mass is 276 g/mol. The van der Waals surface area contributed by atoms with Crippen LogP contribution in [0.15, 0.2) is 6.07 Å². The fourth-order valence-electron chi connectivity index (χ4n) is 2.81. The molecule has 0 aliphatic heterocycles. The second kappa shape index (κ2) is 5.00. The van der Waals surface area contributed by atoms with Crippen LogP contribution < -0.4 is 10.1 Å². The molecule has 0 atom stereocenters. The van der Waals surface area contributed by atoms with Crippen molar-refractivity contribution in [3.63, 3.8) is 0 Å². The van der Waals surface area contributed by atoms with Crippen LogP contribution in [-0.4, -0.2) is 18.1 Å². The number of nitrogens with zero attached hydrogens (tertiary/aromatic N) is 1. The average molecular weight is 276 g/mol. The third-order valence-electron chi connectivity index (χ3n) is 4.11. The molecule has 19 heavy (non-hydrogen) atoms. The van der Waals surface area contributed by atoms with Crippen LogP contribution in [0.3, 0.4) is 0 Å². The molecule has 0 unspecified atom stereocenters. The van der Waals surface area contributed by atoms with Crippen LogP contribution in [0.4, 0.5) is 5.13 Å². The zero-order valence-corrected chi connectivity index (χ0v) is 12.6. The molecule has 102 valence electrons. The van der Waals surface area contributed by atoms with Crippen molar-refractivity contribution in [3.05, 3.63) is 17.2 Å². The van der Waals surface area contributed by atoms with E-state index in [1.807, 2.05) is 0 Å². The molecule has 3 nitrogen and oxygen atoms in total. The molecule has 0 spiro atoms. The molecular weight excluding hydrogens is 256 g/mol. The molecule has 3 rings (SSSR count). The SMILES string of the molecule is COc1cc2sc(NC3CCCC3)nc2c(C)c1C. The van der Waals surface area contributed by atoms with E-state index in [0.29, 0.717) is 6.04 Å². The number of rotatable bonds is 3. The van der Waals surface area contributed by atoms with Gasteiger partial charge in [0.05, 0.1) is 17.3 Å². The van der Waals surface area contributed by atoms with E-state index in [0.717, 1.165) is 16.4 Å². The number of fused-ring (bicyclic) bond motifs is 1. The molecule has 1 saturated carbocycles. The Labute approximate surface area is 118 Å². The number of methoxy groups -OCH3 is 1. The number of nitrogens with one attached hydrogen (secondary N) is 1. The summed E-state index contributed by atoms with van der Waals surface area (Å²) in [7, 11) is 1.73. The Hall–Kier alpha value is -1.29. The minimum Gasteiger partial charge on any atom is -0.496 e. The van der Waals surface area contributed by atoms with Crippen LogP contribution >= 0.6 is 11.3 Å². The normalized spacial score (nSPS) is 16.2. The minimum atomic E-state index is 0.615. The highest BCUT2D eigenvalue weighted by Crippen LogP contribution is 2.35. The number of hydrogen-bond acceptors (Lipinski definition) is 4. The highest BCUT2D eigenvalue weighted by molar-refractivity contribution is 7.22. The van der Waals surface area contributed by atoms with Crippen molar-refractivity contribution in [1.29, 1.82) is 0 Å². The smallest absolute Gasteiger partial charge is 0.184 e. The van der Waals surface area contributed by atoms with Crippen LogP contribution in [0, 0.1) is 13.8 Å². The van der Waals surface area contributed by atoms with E-state index in [1.165, 1.54) is 41.5 Å². The minimum absolute atomic E-state index is 0.615. The molecule has 1 aromatic heterocycles. The molecule has 4 heteroatoms. The Morgan fingerprint density at radius 1 is 1.26 bits per heavy atom. The number of ether oxygens (including phenoxy) is 1. The second-order valence-electron chi connectivity index (χ2n) is 5.32. The zero-order chi connectivity index (χ0) is 13.4. The predicted octanol–water partition coefficient (Wildman–Crippen LogP) is 4.28. The molecule has 1 N–H and O–H groups in total. The Kier molecular flexibility index (Phi) is 3.35. The summed E-state index contributed by atoms with van der Waals surface area (Å²) in [5, 5.41) is 4.63. The molecule has 0 bridgehead atoms. The van der Waals surface area contributed by atoms with Crippen molar-refractivity contribution in [2.45, 2.75) is 45.6 Å². The summed E-state index contributed by atoms with van der Waals surface area (Å²) >= 11 is 1.73. The van der Waals surface area contributed by atoms with Gasteiger partial charge >= 0.3 is 0 Å². The van der Waals surface area contributed by atoms with Gasteiger partial charge in [0.15, 0.2) is 5.13 Å². The summed E-state index contributed by atoms with van der Waals surface area (Å²) in [6.45, 7) is 4.22. The van der Waals surface area contributed by atoms with Gasteiger partial charge in [-0.2, -0.15) is 0 Å². The predicted molar refractivity (Wildman–Crippen MR) is 81.5 cm³/mol. The largest absolute Gasteiger partial charge is 0.496 e. The number of aromatic nitrogens is 1. The van der Waals surface area contributed by atoms with Crippen molar-refractivity contribution >= 4 is 26.7 Å². The van der Waals surface area contributed by atoms with Crippen LogP contribution in [0.1, 0.15) is 36.8 Å². The topological polar surface area (TPSA) is 34.1 Å². The summed E-state index contributed by atoms with van der Waals surface area (Å²) in [4.78, 5) is 4.76. The van der Waals surface area contributed by atoms with Gasteiger partial charge in [-0.25, -0.2) is 4.98 Å². The number of hydrogen-bond donors (Lipinski definition) is 1. The molecule has 0 radical (unpaired) electrons. The van der Waals surface area contributed by atoms with Crippen LogP contribution in [0.2, 0.25) is 0 Å². The van der Waals surface area contributed by atoms with E-state index < -0.39 is 0 Å². The van der Waals surface area contributed by atoms with Crippen LogP contribution in [-0.2, 0) is 0 Å². The van der Waals surface area contributed by atoms with Gasteiger partial charge in [0.1, 0.15) is 5.75 Å². The lowest BCUT2D eigenvalue weighted by molar-refractivity contribution is 0.412. The fraction of sp³-hybridized carbons (Fsp3) is 0.533. The number of anilines is 1. The first kappa shape index (κ1) is 12.7. The lowest BCUT2D eigenvalue weighted by atomic mass is 10.1. The van der Waals surface area contributed by atoms with E-state index in [9.17, 15) is 0 Å². The first-order valence-corrected chi connectivity index (χ1v) is 7.72. The first-order chi connectivity index (χ1) is 9.19. The molecular formula is C15H20N2OS. The van der Waals surface area contributed by atoms with Gasteiger partial charge < -0.3 is 10.1 Å². The standard InChI is InChI=1S/C15H20N2OS/c1-9-10(2)14-13(8-12(9)18-3)19-15(17-14)16-11-6-4-5-7-11/h8,11H,4-7H2,1-3H3,(H,16,17). The quantitative estimate of drug-likeness (QED) is 0.908. The van der Waals surface area contributed by atoms with Gasteiger partial charge in [-0.05, 0) is 43.9 Å². The van der Waals surface area contributed by atoms with Crippen LogP contribution in [0.5, 0.6) is 5.75 Å². The molecule has 1 heterocycles. The lowest BCUT2D eigenvalue weighted by Crippen LogP contribution is -2.13. The lowest BCUT2D eigenvalue weighted by Gasteiger charge is -2.09.